The van der Waals surface area contributed by atoms with Crippen molar-refractivity contribution < 1.29 is 9.53 Å². The minimum absolute atomic E-state index is 0.0869. The standard InChI is InChI=1S/C14H26N2O2/c1-3-18-13(17)14(2,15-12-6-7-12)8-11-16-9-4-5-10-16/h12,15H,3-11H2,1-2H3. The van der Waals surface area contributed by atoms with Gasteiger partial charge in [0, 0.05) is 12.6 Å². The fourth-order valence-corrected chi connectivity index (χ4v) is 2.59. The van der Waals surface area contributed by atoms with Gasteiger partial charge < -0.3 is 9.64 Å². The molecule has 0 spiro atoms. The Kier molecular flexibility index (Phi) is 4.62. The first-order valence-electron chi connectivity index (χ1n) is 7.31. The molecule has 1 unspecified atom stereocenters. The molecule has 2 aliphatic rings. The lowest BCUT2D eigenvalue weighted by molar-refractivity contribution is -0.151. The molecule has 0 aromatic rings. The van der Waals surface area contributed by atoms with Crippen molar-refractivity contribution in [1.29, 1.82) is 0 Å². The fraction of sp³-hybridized carbons (Fsp3) is 0.929. The Morgan fingerprint density at radius 2 is 2.06 bits per heavy atom. The molecule has 1 heterocycles. The summed E-state index contributed by atoms with van der Waals surface area (Å²) in [6.07, 6.45) is 5.83. The Morgan fingerprint density at radius 3 is 2.61 bits per heavy atom. The molecule has 1 saturated carbocycles. The number of ether oxygens (including phenoxy) is 1. The van der Waals surface area contributed by atoms with Crippen LogP contribution in [0.2, 0.25) is 0 Å². The van der Waals surface area contributed by atoms with Crippen LogP contribution in [-0.2, 0) is 9.53 Å². The molecule has 0 radical (unpaired) electrons. The Balaban J connectivity index is 1.87. The van der Waals surface area contributed by atoms with Gasteiger partial charge in [-0.15, -0.1) is 0 Å². The molecule has 18 heavy (non-hydrogen) atoms. The van der Waals surface area contributed by atoms with Crippen LogP contribution in [-0.4, -0.2) is 48.7 Å². The van der Waals surface area contributed by atoms with E-state index in [1.54, 1.807) is 0 Å². The average Bonchev–Trinajstić information content (AvgIpc) is 2.99. The van der Waals surface area contributed by atoms with Crippen molar-refractivity contribution in [3.8, 4) is 0 Å². The minimum atomic E-state index is -0.500. The molecule has 1 saturated heterocycles. The van der Waals surface area contributed by atoms with E-state index in [4.69, 9.17) is 4.74 Å². The number of hydrogen-bond acceptors (Lipinski definition) is 4. The number of hydrogen-bond donors (Lipinski definition) is 1. The van der Waals surface area contributed by atoms with E-state index < -0.39 is 5.54 Å². The van der Waals surface area contributed by atoms with Crippen LogP contribution in [0, 0.1) is 0 Å². The first kappa shape index (κ1) is 13.8. The third-order valence-electron chi connectivity index (χ3n) is 3.95. The van der Waals surface area contributed by atoms with Gasteiger partial charge in [0.05, 0.1) is 6.61 Å². The van der Waals surface area contributed by atoms with Crippen LogP contribution >= 0.6 is 0 Å². The van der Waals surface area contributed by atoms with Crippen molar-refractivity contribution in [2.75, 3.05) is 26.2 Å². The number of nitrogens with zero attached hydrogens (tertiary/aromatic N) is 1. The monoisotopic (exact) mass is 254 g/mol. The van der Waals surface area contributed by atoms with Crippen molar-refractivity contribution in [2.45, 2.75) is 57.5 Å². The molecule has 2 rings (SSSR count). The van der Waals surface area contributed by atoms with Gasteiger partial charge in [0.2, 0.25) is 0 Å². The second kappa shape index (κ2) is 6.02. The van der Waals surface area contributed by atoms with Gasteiger partial charge in [0.15, 0.2) is 0 Å². The zero-order valence-corrected chi connectivity index (χ0v) is 11.7. The SMILES string of the molecule is CCOC(=O)C(C)(CCN1CCCC1)NC1CC1. The molecule has 1 aliphatic carbocycles. The van der Waals surface area contributed by atoms with Crippen molar-refractivity contribution >= 4 is 5.97 Å². The molecular weight excluding hydrogens is 228 g/mol. The van der Waals surface area contributed by atoms with Gasteiger partial charge in [-0.3, -0.25) is 10.1 Å². The van der Waals surface area contributed by atoms with Crippen LogP contribution in [0.1, 0.15) is 46.0 Å². The summed E-state index contributed by atoms with van der Waals surface area (Å²) < 4.78 is 5.23. The van der Waals surface area contributed by atoms with E-state index in [-0.39, 0.29) is 5.97 Å². The summed E-state index contributed by atoms with van der Waals surface area (Å²) in [5.41, 5.74) is -0.500. The smallest absolute Gasteiger partial charge is 0.326 e. The second-order valence-corrected chi connectivity index (χ2v) is 5.77. The molecule has 0 bridgehead atoms. The van der Waals surface area contributed by atoms with E-state index in [1.165, 1.54) is 38.8 Å². The summed E-state index contributed by atoms with van der Waals surface area (Å²) in [5, 5.41) is 3.47. The Hall–Kier alpha value is -0.610. The summed E-state index contributed by atoms with van der Waals surface area (Å²) in [7, 11) is 0. The molecular formula is C14H26N2O2. The van der Waals surface area contributed by atoms with Crippen LogP contribution in [0.5, 0.6) is 0 Å². The van der Waals surface area contributed by atoms with Gasteiger partial charge in [0.1, 0.15) is 5.54 Å². The number of rotatable bonds is 7. The van der Waals surface area contributed by atoms with E-state index in [9.17, 15) is 4.79 Å². The van der Waals surface area contributed by atoms with E-state index in [0.717, 1.165) is 13.0 Å². The van der Waals surface area contributed by atoms with Crippen LogP contribution in [0.25, 0.3) is 0 Å². The Bertz CT molecular complexity index is 286. The lowest BCUT2D eigenvalue weighted by Crippen LogP contribution is -2.53. The maximum absolute atomic E-state index is 12.1. The van der Waals surface area contributed by atoms with Crippen molar-refractivity contribution in [3.63, 3.8) is 0 Å². The molecule has 0 amide bonds. The predicted octanol–water partition coefficient (Wildman–Crippen LogP) is 1.55. The zero-order valence-electron chi connectivity index (χ0n) is 11.7. The van der Waals surface area contributed by atoms with E-state index >= 15 is 0 Å². The highest BCUT2D eigenvalue weighted by atomic mass is 16.5. The molecule has 104 valence electrons. The summed E-state index contributed by atoms with van der Waals surface area (Å²) in [6.45, 7) is 7.69. The summed E-state index contributed by atoms with van der Waals surface area (Å²) in [4.78, 5) is 14.6. The van der Waals surface area contributed by atoms with Crippen LogP contribution in [0.4, 0.5) is 0 Å². The molecule has 1 atom stereocenters. The Morgan fingerprint density at radius 1 is 1.39 bits per heavy atom. The van der Waals surface area contributed by atoms with Gasteiger partial charge in [-0.1, -0.05) is 0 Å². The third-order valence-corrected chi connectivity index (χ3v) is 3.95. The third kappa shape index (κ3) is 3.69. The predicted molar refractivity (Wildman–Crippen MR) is 71.5 cm³/mol. The number of nitrogens with one attached hydrogen (secondary N) is 1. The average molecular weight is 254 g/mol. The number of likely N-dealkylation sites (tertiary alicyclic amines) is 1. The van der Waals surface area contributed by atoms with E-state index in [1.807, 2.05) is 13.8 Å². The first-order chi connectivity index (χ1) is 8.64. The van der Waals surface area contributed by atoms with Gasteiger partial charge in [-0.25, -0.2) is 0 Å². The van der Waals surface area contributed by atoms with Crippen molar-refractivity contribution in [1.82, 2.24) is 10.2 Å². The van der Waals surface area contributed by atoms with Gasteiger partial charge >= 0.3 is 5.97 Å². The number of carbonyl (C=O) groups excluding carboxylic acids is 1. The zero-order chi connectivity index (χ0) is 13.0. The number of carbonyl (C=O) groups is 1. The van der Waals surface area contributed by atoms with Crippen LogP contribution < -0.4 is 5.32 Å². The first-order valence-corrected chi connectivity index (χ1v) is 7.31. The fourth-order valence-electron chi connectivity index (χ4n) is 2.59. The molecule has 2 fully saturated rings. The lowest BCUT2D eigenvalue weighted by atomic mass is 9.97. The summed E-state index contributed by atoms with van der Waals surface area (Å²) in [6, 6.07) is 0.526. The van der Waals surface area contributed by atoms with E-state index in [2.05, 4.69) is 10.2 Å². The normalized spacial score (nSPS) is 23.9. The minimum Gasteiger partial charge on any atom is -0.465 e. The van der Waals surface area contributed by atoms with Crippen molar-refractivity contribution in [3.05, 3.63) is 0 Å². The molecule has 0 aromatic heterocycles. The topological polar surface area (TPSA) is 41.6 Å². The molecule has 1 aliphatic heterocycles. The highest BCUT2D eigenvalue weighted by Crippen LogP contribution is 2.25. The maximum atomic E-state index is 12.1. The number of esters is 1. The second-order valence-electron chi connectivity index (χ2n) is 5.77. The van der Waals surface area contributed by atoms with Crippen LogP contribution in [0.3, 0.4) is 0 Å². The molecule has 0 aromatic carbocycles. The van der Waals surface area contributed by atoms with Gasteiger partial charge in [-0.2, -0.15) is 0 Å². The quantitative estimate of drug-likeness (QED) is 0.700. The summed E-state index contributed by atoms with van der Waals surface area (Å²) >= 11 is 0. The maximum Gasteiger partial charge on any atom is 0.326 e. The molecule has 4 nitrogen and oxygen atoms in total. The van der Waals surface area contributed by atoms with Gasteiger partial charge in [0.25, 0.3) is 0 Å². The molecule has 1 N–H and O–H groups in total. The highest BCUT2D eigenvalue weighted by molar-refractivity contribution is 5.80. The summed E-state index contributed by atoms with van der Waals surface area (Å²) in [5.74, 6) is -0.0869. The van der Waals surface area contributed by atoms with E-state index in [0.29, 0.717) is 12.6 Å². The lowest BCUT2D eigenvalue weighted by Gasteiger charge is -2.30. The highest BCUT2D eigenvalue weighted by Gasteiger charge is 2.39. The van der Waals surface area contributed by atoms with Gasteiger partial charge in [-0.05, 0) is 59.0 Å². The Labute approximate surface area is 110 Å². The van der Waals surface area contributed by atoms with Crippen molar-refractivity contribution in [2.24, 2.45) is 0 Å². The van der Waals surface area contributed by atoms with Crippen LogP contribution in [0.15, 0.2) is 0 Å². The largest absolute Gasteiger partial charge is 0.465 e. The molecule has 4 heteroatoms.